The van der Waals surface area contributed by atoms with Gasteiger partial charge in [-0.3, -0.25) is 4.79 Å². The Hall–Kier alpha value is -2.56. The summed E-state index contributed by atoms with van der Waals surface area (Å²) in [6, 6.07) is 10.8. The van der Waals surface area contributed by atoms with Crippen LogP contribution in [0.3, 0.4) is 0 Å². The van der Waals surface area contributed by atoms with Crippen LogP contribution in [0.25, 0.3) is 0 Å². The van der Waals surface area contributed by atoms with E-state index < -0.39 is 6.10 Å². The van der Waals surface area contributed by atoms with E-state index in [-0.39, 0.29) is 17.5 Å². The normalized spacial score (nSPS) is 16.9. The fraction of sp³-hybridized carbons (Fsp3) is 0.278. The molecule has 0 bridgehead atoms. The van der Waals surface area contributed by atoms with E-state index in [0.29, 0.717) is 24.4 Å². The maximum absolute atomic E-state index is 13.0. The summed E-state index contributed by atoms with van der Waals surface area (Å²) in [5.74, 6) is 0.155. The molecule has 0 fully saturated rings. The van der Waals surface area contributed by atoms with E-state index >= 15 is 0 Å². The first-order valence-electron chi connectivity index (χ1n) is 7.64. The van der Waals surface area contributed by atoms with Crippen LogP contribution in [-0.4, -0.2) is 23.7 Å². The van der Waals surface area contributed by atoms with Gasteiger partial charge in [0.15, 0.2) is 6.10 Å². The number of amides is 1. The van der Waals surface area contributed by atoms with Gasteiger partial charge < -0.3 is 14.7 Å². The van der Waals surface area contributed by atoms with Crippen molar-refractivity contribution in [2.75, 3.05) is 11.4 Å². The van der Waals surface area contributed by atoms with Gasteiger partial charge in [-0.1, -0.05) is 19.1 Å². The minimum Gasteiger partial charge on any atom is -0.508 e. The van der Waals surface area contributed by atoms with Gasteiger partial charge in [-0.05, 0) is 36.2 Å². The molecule has 1 heterocycles. The molecule has 1 aliphatic rings. The molecule has 1 amide bonds. The number of rotatable bonds is 4. The summed E-state index contributed by atoms with van der Waals surface area (Å²) in [6.07, 6.45) is 0.491. The molecule has 0 saturated heterocycles. The molecule has 3 rings (SSSR count). The lowest BCUT2D eigenvalue weighted by molar-refractivity contribution is -0.126. The Kier molecular flexibility index (Phi) is 4.19. The molecular formula is C18H18FNO3. The molecule has 0 radical (unpaired) electrons. The molecule has 1 aliphatic heterocycles. The SMILES string of the molecule is CCCN1C(=O)C(Cc2ccc(F)cc2)Oc2cc(O)ccc21. The lowest BCUT2D eigenvalue weighted by Crippen LogP contribution is -2.47. The highest BCUT2D eigenvalue weighted by Gasteiger charge is 2.34. The van der Waals surface area contributed by atoms with Crippen LogP contribution in [0.4, 0.5) is 10.1 Å². The number of anilines is 1. The average molecular weight is 315 g/mol. The van der Waals surface area contributed by atoms with Crippen molar-refractivity contribution in [2.24, 2.45) is 0 Å². The topological polar surface area (TPSA) is 49.8 Å². The highest BCUT2D eigenvalue weighted by Crippen LogP contribution is 2.37. The molecule has 1 atom stereocenters. The first-order chi connectivity index (χ1) is 11.1. The molecule has 4 nitrogen and oxygen atoms in total. The zero-order valence-electron chi connectivity index (χ0n) is 12.8. The van der Waals surface area contributed by atoms with E-state index in [1.165, 1.54) is 18.2 Å². The molecule has 0 spiro atoms. The molecule has 120 valence electrons. The van der Waals surface area contributed by atoms with Crippen LogP contribution in [0.2, 0.25) is 0 Å². The maximum Gasteiger partial charge on any atom is 0.268 e. The highest BCUT2D eigenvalue weighted by atomic mass is 19.1. The second-order valence-electron chi connectivity index (χ2n) is 5.58. The minimum atomic E-state index is -0.679. The number of phenolic OH excluding ortho intramolecular Hbond substituents is 1. The number of fused-ring (bicyclic) bond motifs is 1. The van der Waals surface area contributed by atoms with E-state index in [2.05, 4.69) is 0 Å². The minimum absolute atomic E-state index is 0.0927. The zero-order valence-corrected chi connectivity index (χ0v) is 12.8. The van der Waals surface area contributed by atoms with Crippen molar-refractivity contribution < 1.29 is 19.0 Å². The van der Waals surface area contributed by atoms with E-state index in [0.717, 1.165) is 12.0 Å². The largest absolute Gasteiger partial charge is 0.508 e. The Labute approximate surface area is 134 Å². The van der Waals surface area contributed by atoms with Crippen LogP contribution in [0.15, 0.2) is 42.5 Å². The van der Waals surface area contributed by atoms with Gasteiger partial charge in [0.2, 0.25) is 0 Å². The standard InChI is InChI=1S/C18H18FNO3/c1-2-9-20-15-8-7-14(21)11-16(15)23-17(18(20)22)10-12-3-5-13(19)6-4-12/h3-8,11,17,21H,2,9-10H2,1H3. The number of benzene rings is 2. The fourth-order valence-electron chi connectivity index (χ4n) is 2.73. The molecule has 1 N–H and O–H groups in total. The Bertz CT molecular complexity index is 715. The quantitative estimate of drug-likeness (QED) is 0.942. The van der Waals surface area contributed by atoms with Gasteiger partial charge in [0.05, 0.1) is 5.69 Å². The Morgan fingerprint density at radius 2 is 1.96 bits per heavy atom. The molecule has 0 aromatic heterocycles. The number of phenols is 1. The number of ether oxygens (including phenoxy) is 1. The molecule has 0 aliphatic carbocycles. The summed E-state index contributed by atoms with van der Waals surface area (Å²) in [4.78, 5) is 14.4. The number of halogens is 1. The highest BCUT2D eigenvalue weighted by molar-refractivity contribution is 6.00. The number of hydrogen-bond donors (Lipinski definition) is 1. The lowest BCUT2D eigenvalue weighted by Gasteiger charge is -2.34. The number of nitrogens with zero attached hydrogens (tertiary/aromatic N) is 1. The summed E-state index contributed by atoms with van der Waals surface area (Å²) in [6.45, 7) is 2.58. The fourth-order valence-corrected chi connectivity index (χ4v) is 2.73. The van der Waals surface area contributed by atoms with Crippen LogP contribution < -0.4 is 9.64 Å². The van der Waals surface area contributed by atoms with Crippen LogP contribution in [0, 0.1) is 5.82 Å². The maximum atomic E-state index is 13.0. The first-order valence-corrected chi connectivity index (χ1v) is 7.64. The van der Waals surface area contributed by atoms with Gasteiger partial charge in [0.1, 0.15) is 17.3 Å². The molecular weight excluding hydrogens is 297 g/mol. The van der Waals surface area contributed by atoms with Gasteiger partial charge >= 0.3 is 0 Å². The molecule has 0 saturated carbocycles. The van der Waals surface area contributed by atoms with Crippen molar-refractivity contribution in [3.05, 3.63) is 53.8 Å². The molecule has 1 unspecified atom stereocenters. The first kappa shape index (κ1) is 15.3. The Morgan fingerprint density at radius 1 is 1.22 bits per heavy atom. The third kappa shape index (κ3) is 3.13. The van der Waals surface area contributed by atoms with Crippen molar-refractivity contribution in [1.29, 1.82) is 0 Å². The Balaban J connectivity index is 1.90. The zero-order chi connectivity index (χ0) is 16.4. The lowest BCUT2D eigenvalue weighted by atomic mass is 10.0. The second-order valence-corrected chi connectivity index (χ2v) is 5.58. The summed E-state index contributed by atoms with van der Waals surface area (Å²) < 4.78 is 18.8. The summed E-state index contributed by atoms with van der Waals surface area (Å²) in [7, 11) is 0. The number of carbonyl (C=O) groups excluding carboxylic acids is 1. The van der Waals surface area contributed by atoms with Crippen molar-refractivity contribution in [2.45, 2.75) is 25.9 Å². The molecule has 23 heavy (non-hydrogen) atoms. The molecule has 2 aromatic rings. The monoisotopic (exact) mass is 315 g/mol. The van der Waals surface area contributed by atoms with Crippen molar-refractivity contribution >= 4 is 11.6 Å². The molecule has 5 heteroatoms. The van der Waals surface area contributed by atoms with Crippen molar-refractivity contribution in [3.63, 3.8) is 0 Å². The predicted octanol–water partition coefficient (Wildman–Crippen LogP) is 3.28. The van der Waals surface area contributed by atoms with E-state index in [1.54, 1.807) is 29.2 Å². The van der Waals surface area contributed by atoms with Crippen LogP contribution in [0.1, 0.15) is 18.9 Å². The van der Waals surface area contributed by atoms with Crippen LogP contribution in [-0.2, 0) is 11.2 Å². The van der Waals surface area contributed by atoms with Gasteiger partial charge in [0.25, 0.3) is 5.91 Å². The summed E-state index contributed by atoms with van der Waals surface area (Å²) >= 11 is 0. The van der Waals surface area contributed by atoms with Crippen molar-refractivity contribution in [1.82, 2.24) is 0 Å². The van der Waals surface area contributed by atoms with Crippen LogP contribution in [0.5, 0.6) is 11.5 Å². The number of carbonyl (C=O) groups is 1. The number of aromatic hydroxyl groups is 1. The predicted molar refractivity (Wildman–Crippen MR) is 85.3 cm³/mol. The van der Waals surface area contributed by atoms with Gasteiger partial charge in [-0.2, -0.15) is 0 Å². The van der Waals surface area contributed by atoms with E-state index in [4.69, 9.17) is 4.74 Å². The summed E-state index contributed by atoms with van der Waals surface area (Å²) in [5, 5.41) is 9.65. The van der Waals surface area contributed by atoms with Crippen molar-refractivity contribution in [3.8, 4) is 11.5 Å². The third-order valence-electron chi connectivity index (χ3n) is 3.83. The smallest absolute Gasteiger partial charge is 0.268 e. The summed E-state index contributed by atoms with van der Waals surface area (Å²) in [5.41, 5.74) is 1.50. The van der Waals surface area contributed by atoms with E-state index in [1.807, 2.05) is 6.92 Å². The van der Waals surface area contributed by atoms with Gasteiger partial charge in [-0.15, -0.1) is 0 Å². The van der Waals surface area contributed by atoms with Gasteiger partial charge in [0, 0.05) is 19.0 Å². The average Bonchev–Trinajstić information content (AvgIpc) is 2.53. The van der Waals surface area contributed by atoms with Crippen LogP contribution >= 0.6 is 0 Å². The third-order valence-corrected chi connectivity index (χ3v) is 3.83. The molecule has 2 aromatic carbocycles. The second kappa shape index (κ2) is 6.28. The van der Waals surface area contributed by atoms with Gasteiger partial charge in [-0.25, -0.2) is 4.39 Å². The Morgan fingerprint density at radius 3 is 2.65 bits per heavy atom. The number of hydrogen-bond acceptors (Lipinski definition) is 3. The van der Waals surface area contributed by atoms with E-state index in [9.17, 15) is 14.3 Å².